The Kier molecular flexibility index (Phi) is 9.59. The number of aliphatic carboxylic acids is 2. The van der Waals surface area contributed by atoms with Gasteiger partial charge in [-0.3, -0.25) is 4.79 Å². The van der Waals surface area contributed by atoms with Gasteiger partial charge < -0.3 is 30.2 Å². The van der Waals surface area contributed by atoms with Crippen LogP contribution in [0.3, 0.4) is 0 Å². The van der Waals surface area contributed by atoms with Crippen LogP contribution in [0.4, 0.5) is 0 Å². The van der Waals surface area contributed by atoms with Gasteiger partial charge in [-0.25, -0.2) is 9.59 Å². The number of nitrogens with zero attached hydrogens (tertiary/aromatic N) is 2. The quantitative estimate of drug-likeness (QED) is 0.312. The molecule has 0 amide bonds. The van der Waals surface area contributed by atoms with Crippen LogP contribution in [0, 0.1) is 6.92 Å². The highest BCUT2D eigenvalue weighted by molar-refractivity contribution is 6.17. The van der Waals surface area contributed by atoms with E-state index < -0.39 is 11.9 Å². The molecule has 4 rings (SSSR count). The molecule has 1 atom stereocenters. The third kappa shape index (κ3) is 7.28. The second kappa shape index (κ2) is 12.8. The fourth-order valence-corrected chi connectivity index (χ4v) is 4.57. The number of piperidine rings is 1. The average Bonchev–Trinajstić information content (AvgIpc) is 3.17. The molecule has 0 aliphatic carbocycles. The highest BCUT2D eigenvalue weighted by Gasteiger charge is 2.22. The minimum absolute atomic E-state index is 0.0556. The van der Waals surface area contributed by atoms with Gasteiger partial charge in [0, 0.05) is 60.0 Å². The van der Waals surface area contributed by atoms with Gasteiger partial charge in [0.25, 0.3) is 0 Å². The lowest BCUT2D eigenvalue weighted by Gasteiger charge is -2.30. The first-order chi connectivity index (χ1) is 17.7. The molecule has 0 radical (unpaired) electrons. The zero-order chi connectivity index (χ0) is 26.9. The first-order valence-corrected chi connectivity index (χ1v) is 12.1. The van der Waals surface area contributed by atoms with Crippen LogP contribution in [0.15, 0.2) is 60.7 Å². The standard InChI is InChI=1S/C24H29N3O2.C4H4O4/c1-17-23(24(28)18-9-11-20(29-2)12-10-18)21-7-3-4-8-22(21)27(17)15-14-26-13-5-6-19(25)16-26;5-3(6)1-2-4(7)8/h3-4,7-12,19H,5-6,13-16,25H2,1-2H3;1-2H,(H,5,6)(H,7,8)/b;2-1-. The van der Waals surface area contributed by atoms with Gasteiger partial charge in [-0.1, -0.05) is 18.2 Å². The van der Waals surface area contributed by atoms with Crippen molar-refractivity contribution in [3.05, 3.63) is 77.5 Å². The molecule has 9 nitrogen and oxygen atoms in total. The van der Waals surface area contributed by atoms with E-state index in [-0.39, 0.29) is 11.8 Å². The number of carbonyl (C=O) groups is 3. The highest BCUT2D eigenvalue weighted by Crippen LogP contribution is 2.29. The molecule has 9 heteroatoms. The van der Waals surface area contributed by atoms with Gasteiger partial charge in [0.15, 0.2) is 5.78 Å². The molecule has 196 valence electrons. The van der Waals surface area contributed by atoms with Gasteiger partial charge in [0.05, 0.1) is 12.7 Å². The second-order valence-electron chi connectivity index (χ2n) is 8.90. The monoisotopic (exact) mass is 507 g/mol. The van der Waals surface area contributed by atoms with Crippen molar-refractivity contribution in [2.24, 2.45) is 5.73 Å². The number of carbonyl (C=O) groups excluding carboxylic acids is 1. The zero-order valence-corrected chi connectivity index (χ0v) is 21.1. The van der Waals surface area contributed by atoms with E-state index in [9.17, 15) is 14.4 Å². The van der Waals surface area contributed by atoms with Crippen LogP contribution in [0.2, 0.25) is 0 Å². The number of carboxylic acid groups (broad SMARTS) is 2. The van der Waals surface area contributed by atoms with Gasteiger partial charge in [-0.05, 0) is 56.6 Å². The number of hydrogen-bond acceptors (Lipinski definition) is 6. The third-order valence-electron chi connectivity index (χ3n) is 6.36. The summed E-state index contributed by atoms with van der Waals surface area (Å²) in [5.41, 5.74) is 9.75. The molecule has 1 unspecified atom stereocenters. The van der Waals surface area contributed by atoms with Gasteiger partial charge >= 0.3 is 11.9 Å². The number of nitrogens with two attached hydrogens (primary N) is 1. The predicted molar refractivity (Wildman–Crippen MR) is 141 cm³/mol. The summed E-state index contributed by atoms with van der Waals surface area (Å²) in [6, 6.07) is 15.8. The van der Waals surface area contributed by atoms with Gasteiger partial charge in [-0.2, -0.15) is 0 Å². The van der Waals surface area contributed by atoms with Crippen molar-refractivity contribution < 1.29 is 29.3 Å². The number of fused-ring (bicyclic) bond motifs is 1. The molecule has 0 bridgehead atoms. The Morgan fingerprint density at radius 3 is 2.27 bits per heavy atom. The highest BCUT2D eigenvalue weighted by atomic mass is 16.5. The third-order valence-corrected chi connectivity index (χ3v) is 6.36. The van der Waals surface area contributed by atoms with E-state index in [1.54, 1.807) is 7.11 Å². The number of aromatic nitrogens is 1. The smallest absolute Gasteiger partial charge is 0.328 e. The molecule has 1 aliphatic rings. The number of likely N-dealkylation sites (tertiary alicyclic amines) is 1. The van der Waals surface area contributed by atoms with E-state index in [1.807, 2.05) is 42.5 Å². The van der Waals surface area contributed by atoms with Crippen LogP contribution in [0.5, 0.6) is 5.75 Å². The lowest BCUT2D eigenvalue weighted by Crippen LogP contribution is -2.43. The lowest BCUT2D eigenvalue weighted by molar-refractivity contribution is -0.134. The molecule has 1 aliphatic heterocycles. The van der Waals surface area contributed by atoms with E-state index in [0.717, 1.165) is 66.9 Å². The van der Waals surface area contributed by atoms with E-state index >= 15 is 0 Å². The summed E-state index contributed by atoms with van der Waals surface area (Å²) in [4.78, 5) is 34.9. The van der Waals surface area contributed by atoms with E-state index in [2.05, 4.69) is 22.5 Å². The molecule has 1 aromatic heterocycles. The Morgan fingerprint density at radius 1 is 1.03 bits per heavy atom. The maximum absolute atomic E-state index is 13.4. The van der Waals surface area contributed by atoms with Crippen LogP contribution < -0.4 is 10.5 Å². The second-order valence-corrected chi connectivity index (χ2v) is 8.90. The summed E-state index contributed by atoms with van der Waals surface area (Å²) < 4.78 is 7.50. The van der Waals surface area contributed by atoms with Crippen molar-refractivity contribution in [3.8, 4) is 5.75 Å². The topological polar surface area (TPSA) is 135 Å². The maximum Gasteiger partial charge on any atom is 0.328 e. The van der Waals surface area contributed by atoms with Crippen LogP contribution in [0.1, 0.15) is 34.5 Å². The number of ether oxygens (including phenoxy) is 1. The fourth-order valence-electron chi connectivity index (χ4n) is 4.57. The average molecular weight is 508 g/mol. The summed E-state index contributed by atoms with van der Waals surface area (Å²) in [6.45, 7) is 5.91. The van der Waals surface area contributed by atoms with Crippen LogP contribution in [-0.2, 0) is 16.1 Å². The molecule has 0 saturated carbocycles. The summed E-state index contributed by atoms with van der Waals surface area (Å²) >= 11 is 0. The Balaban J connectivity index is 0.000000414. The SMILES string of the molecule is COc1ccc(C(=O)c2c(C)n(CCN3CCCC(N)C3)c3ccccc23)cc1.O=C(O)/C=C\C(=O)O. The molecular weight excluding hydrogens is 474 g/mol. The van der Waals surface area contributed by atoms with Crippen molar-refractivity contribution in [2.45, 2.75) is 32.4 Å². The normalized spacial score (nSPS) is 15.8. The molecular formula is C28H33N3O6. The van der Waals surface area contributed by atoms with E-state index in [0.29, 0.717) is 17.7 Å². The lowest BCUT2D eigenvalue weighted by atomic mass is 10.0. The van der Waals surface area contributed by atoms with Crippen LogP contribution >= 0.6 is 0 Å². The molecule has 1 saturated heterocycles. The molecule has 4 N–H and O–H groups in total. The minimum atomic E-state index is -1.26. The minimum Gasteiger partial charge on any atom is -0.497 e. The fraction of sp³-hybridized carbons (Fsp3) is 0.321. The van der Waals surface area contributed by atoms with Crippen molar-refractivity contribution in [1.82, 2.24) is 9.47 Å². The molecule has 2 aromatic carbocycles. The van der Waals surface area contributed by atoms with Gasteiger partial charge in [0.1, 0.15) is 5.75 Å². The number of ketones is 1. The van der Waals surface area contributed by atoms with Gasteiger partial charge in [0.2, 0.25) is 0 Å². The Hall–Kier alpha value is -3.95. The molecule has 0 spiro atoms. The van der Waals surface area contributed by atoms with Crippen LogP contribution in [-0.4, -0.2) is 70.2 Å². The summed E-state index contributed by atoms with van der Waals surface area (Å²) in [6.07, 6.45) is 3.39. The predicted octanol–water partition coefficient (Wildman–Crippen LogP) is 3.32. The van der Waals surface area contributed by atoms with Crippen molar-refractivity contribution in [1.29, 1.82) is 0 Å². The van der Waals surface area contributed by atoms with E-state index in [1.165, 1.54) is 0 Å². The zero-order valence-electron chi connectivity index (χ0n) is 21.1. The Morgan fingerprint density at radius 2 is 1.68 bits per heavy atom. The number of para-hydroxylation sites is 1. The van der Waals surface area contributed by atoms with E-state index in [4.69, 9.17) is 20.7 Å². The first kappa shape index (κ1) is 27.6. The number of hydrogen-bond donors (Lipinski definition) is 3. The molecule has 37 heavy (non-hydrogen) atoms. The van der Waals surface area contributed by atoms with Crippen LogP contribution in [0.25, 0.3) is 10.9 Å². The van der Waals surface area contributed by atoms with Gasteiger partial charge in [-0.15, -0.1) is 0 Å². The van der Waals surface area contributed by atoms with Crippen molar-refractivity contribution >= 4 is 28.6 Å². The number of benzene rings is 2. The molecule has 2 heterocycles. The largest absolute Gasteiger partial charge is 0.497 e. The number of methoxy groups -OCH3 is 1. The first-order valence-electron chi connectivity index (χ1n) is 12.1. The van der Waals surface area contributed by atoms with Crippen molar-refractivity contribution in [2.75, 3.05) is 26.7 Å². The molecule has 1 fully saturated rings. The summed E-state index contributed by atoms with van der Waals surface area (Å²) in [5.74, 6) is -1.71. The Labute approximate surface area is 215 Å². The number of rotatable bonds is 8. The Bertz CT molecular complexity index is 1260. The molecule has 3 aromatic rings. The summed E-state index contributed by atoms with van der Waals surface area (Å²) in [7, 11) is 1.63. The van der Waals surface area contributed by atoms with Crippen molar-refractivity contribution in [3.63, 3.8) is 0 Å². The summed E-state index contributed by atoms with van der Waals surface area (Å²) in [5, 5.41) is 16.6. The number of carboxylic acids is 2. The maximum atomic E-state index is 13.4.